The lowest BCUT2D eigenvalue weighted by Crippen LogP contribution is -2.50. The molecule has 1 heterocycles. The summed E-state index contributed by atoms with van der Waals surface area (Å²) in [5, 5.41) is 3.25. The van der Waals surface area contributed by atoms with E-state index in [2.05, 4.69) is 5.32 Å². The second kappa shape index (κ2) is 9.37. The quantitative estimate of drug-likeness (QED) is 0.811. The number of nitrogens with zero attached hydrogens (tertiary/aromatic N) is 2. The summed E-state index contributed by atoms with van der Waals surface area (Å²) in [7, 11) is 0. The molecule has 0 saturated carbocycles. The summed E-state index contributed by atoms with van der Waals surface area (Å²) in [6, 6.07) is 10.3. The van der Waals surface area contributed by atoms with Crippen LogP contribution in [0.1, 0.15) is 16.7 Å². The average molecular weight is 418 g/mol. The molecule has 1 fully saturated rings. The first-order chi connectivity index (χ1) is 13.8. The van der Waals surface area contributed by atoms with Crippen molar-refractivity contribution in [3.8, 4) is 0 Å². The monoisotopic (exact) mass is 417 g/mol. The Bertz CT molecular complexity index is 870. The molecule has 1 N–H and O–H groups in total. The van der Waals surface area contributed by atoms with Gasteiger partial charge in [-0.3, -0.25) is 14.5 Å². The van der Waals surface area contributed by atoms with Gasteiger partial charge in [0.25, 0.3) is 0 Å². The van der Waals surface area contributed by atoms with E-state index in [0.717, 1.165) is 16.8 Å². The Balaban J connectivity index is 1.50. The molecule has 7 heteroatoms. The average Bonchev–Trinajstić information content (AvgIpc) is 2.68. The van der Waals surface area contributed by atoms with Crippen LogP contribution in [0.15, 0.2) is 36.4 Å². The molecule has 0 radical (unpaired) electrons. The van der Waals surface area contributed by atoms with Crippen molar-refractivity contribution in [2.45, 2.75) is 20.3 Å². The molecule has 0 unspecified atom stereocenters. The van der Waals surface area contributed by atoms with Gasteiger partial charge in [-0.15, -0.1) is 0 Å². The van der Waals surface area contributed by atoms with Gasteiger partial charge in [-0.1, -0.05) is 35.9 Å². The van der Waals surface area contributed by atoms with Gasteiger partial charge in [-0.05, 0) is 37.1 Å². The Morgan fingerprint density at radius 2 is 1.66 bits per heavy atom. The molecule has 2 amide bonds. The van der Waals surface area contributed by atoms with Gasteiger partial charge in [0, 0.05) is 42.5 Å². The van der Waals surface area contributed by atoms with E-state index in [0.29, 0.717) is 26.2 Å². The smallest absolute Gasteiger partial charge is 0.238 e. The molecule has 3 rings (SSSR count). The Morgan fingerprint density at radius 3 is 2.28 bits per heavy atom. The number of amides is 2. The minimum absolute atomic E-state index is 0.0570. The van der Waals surface area contributed by atoms with E-state index < -0.39 is 5.82 Å². The van der Waals surface area contributed by atoms with Gasteiger partial charge < -0.3 is 10.2 Å². The van der Waals surface area contributed by atoms with Gasteiger partial charge in [-0.25, -0.2) is 4.39 Å². The molecule has 1 aliphatic heterocycles. The van der Waals surface area contributed by atoms with Crippen molar-refractivity contribution in [3.63, 3.8) is 0 Å². The maximum absolute atomic E-state index is 13.9. The summed E-state index contributed by atoms with van der Waals surface area (Å²) in [4.78, 5) is 28.7. The molecule has 2 aromatic carbocycles. The Morgan fingerprint density at radius 1 is 1.03 bits per heavy atom. The number of piperazine rings is 1. The van der Waals surface area contributed by atoms with E-state index in [-0.39, 0.29) is 35.4 Å². The number of hydrogen-bond donors (Lipinski definition) is 1. The first kappa shape index (κ1) is 21.3. The number of benzene rings is 2. The van der Waals surface area contributed by atoms with Crippen LogP contribution in [0.4, 0.5) is 10.1 Å². The third-order valence-corrected chi connectivity index (χ3v) is 5.58. The van der Waals surface area contributed by atoms with Crippen LogP contribution >= 0.6 is 11.6 Å². The Kier molecular flexibility index (Phi) is 6.87. The lowest BCUT2D eigenvalue weighted by molar-refractivity contribution is -0.132. The normalized spacial score (nSPS) is 14.7. The molecule has 29 heavy (non-hydrogen) atoms. The molecule has 0 spiro atoms. The molecule has 0 atom stereocenters. The van der Waals surface area contributed by atoms with Crippen molar-refractivity contribution in [1.82, 2.24) is 9.80 Å². The van der Waals surface area contributed by atoms with E-state index in [9.17, 15) is 14.0 Å². The van der Waals surface area contributed by atoms with Crippen molar-refractivity contribution in [1.29, 1.82) is 0 Å². The van der Waals surface area contributed by atoms with Crippen LogP contribution in [0, 0.1) is 19.7 Å². The third-order valence-electron chi connectivity index (χ3n) is 5.23. The number of carbonyl (C=O) groups is 2. The van der Waals surface area contributed by atoms with Crippen LogP contribution < -0.4 is 5.32 Å². The highest BCUT2D eigenvalue weighted by atomic mass is 35.5. The summed E-state index contributed by atoms with van der Waals surface area (Å²) in [6.45, 7) is 6.40. The number of para-hydroxylation sites is 1. The molecule has 1 saturated heterocycles. The van der Waals surface area contributed by atoms with Crippen molar-refractivity contribution in [2.75, 3.05) is 38.0 Å². The molecule has 5 nitrogen and oxygen atoms in total. The molecular formula is C22H25ClFN3O2. The summed E-state index contributed by atoms with van der Waals surface area (Å²) < 4.78 is 13.9. The van der Waals surface area contributed by atoms with E-state index in [1.54, 1.807) is 11.0 Å². The Labute approximate surface area is 175 Å². The maximum atomic E-state index is 13.9. The van der Waals surface area contributed by atoms with Gasteiger partial charge in [-0.2, -0.15) is 0 Å². The van der Waals surface area contributed by atoms with Gasteiger partial charge in [0.05, 0.1) is 13.0 Å². The topological polar surface area (TPSA) is 52.7 Å². The SMILES string of the molecule is Cc1cccc(C)c1NC(=O)CN1CCN(C(=O)Cc2c(F)cccc2Cl)CC1. The second-order valence-electron chi connectivity index (χ2n) is 7.35. The molecular weight excluding hydrogens is 393 g/mol. The molecule has 0 bridgehead atoms. The zero-order valence-corrected chi connectivity index (χ0v) is 17.4. The van der Waals surface area contributed by atoms with Crippen LogP contribution in [-0.2, 0) is 16.0 Å². The van der Waals surface area contributed by atoms with Crippen molar-refractivity contribution >= 4 is 29.1 Å². The predicted octanol–water partition coefficient (Wildman–Crippen LogP) is 3.42. The van der Waals surface area contributed by atoms with E-state index in [4.69, 9.17) is 11.6 Å². The van der Waals surface area contributed by atoms with Crippen molar-refractivity contribution in [3.05, 3.63) is 63.9 Å². The molecule has 0 aromatic heterocycles. The van der Waals surface area contributed by atoms with Crippen molar-refractivity contribution < 1.29 is 14.0 Å². The standard InChI is InChI=1S/C22H25ClFN3O2/c1-15-5-3-6-16(2)22(15)25-20(28)14-26-9-11-27(12-10-26)21(29)13-17-18(23)7-4-8-19(17)24/h3-8H,9-14H2,1-2H3,(H,25,28). The van der Waals surface area contributed by atoms with Gasteiger partial charge in [0.15, 0.2) is 0 Å². The number of halogens is 2. The van der Waals surface area contributed by atoms with Gasteiger partial charge in [0.1, 0.15) is 5.82 Å². The van der Waals surface area contributed by atoms with Crippen LogP contribution in [-0.4, -0.2) is 54.3 Å². The lowest BCUT2D eigenvalue weighted by Gasteiger charge is -2.34. The minimum Gasteiger partial charge on any atom is -0.340 e. The van der Waals surface area contributed by atoms with E-state index in [1.165, 1.54) is 12.1 Å². The fraction of sp³-hybridized carbons (Fsp3) is 0.364. The maximum Gasteiger partial charge on any atom is 0.238 e. The van der Waals surface area contributed by atoms with Crippen LogP contribution in [0.3, 0.4) is 0 Å². The summed E-state index contributed by atoms with van der Waals surface area (Å²) in [6.07, 6.45) is -0.0570. The molecule has 1 aliphatic rings. The number of aryl methyl sites for hydroxylation is 2. The number of carbonyl (C=O) groups excluding carboxylic acids is 2. The Hall–Kier alpha value is -2.44. The summed E-state index contributed by atoms with van der Waals surface area (Å²) in [5.41, 5.74) is 3.14. The summed E-state index contributed by atoms with van der Waals surface area (Å²) >= 11 is 6.02. The zero-order chi connectivity index (χ0) is 21.0. The van der Waals surface area contributed by atoms with Crippen LogP contribution in [0.2, 0.25) is 5.02 Å². The highest BCUT2D eigenvalue weighted by molar-refractivity contribution is 6.31. The molecule has 2 aromatic rings. The fourth-order valence-electron chi connectivity index (χ4n) is 3.51. The van der Waals surface area contributed by atoms with Crippen LogP contribution in [0.25, 0.3) is 0 Å². The predicted molar refractivity (Wildman–Crippen MR) is 113 cm³/mol. The fourth-order valence-corrected chi connectivity index (χ4v) is 3.74. The van der Waals surface area contributed by atoms with E-state index in [1.807, 2.05) is 36.9 Å². The van der Waals surface area contributed by atoms with Crippen molar-refractivity contribution in [2.24, 2.45) is 0 Å². The first-order valence-electron chi connectivity index (χ1n) is 9.64. The largest absolute Gasteiger partial charge is 0.340 e. The number of nitrogens with one attached hydrogen (secondary N) is 1. The number of hydrogen-bond acceptors (Lipinski definition) is 3. The second-order valence-corrected chi connectivity index (χ2v) is 7.76. The molecule has 154 valence electrons. The lowest BCUT2D eigenvalue weighted by atomic mass is 10.1. The molecule has 0 aliphatic carbocycles. The highest BCUT2D eigenvalue weighted by Gasteiger charge is 2.24. The zero-order valence-electron chi connectivity index (χ0n) is 16.7. The first-order valence-corrected chi connectivity index (χ1v) is 10.0. The van der Waals surface area contributed by atoms with Crippen LogP contribution in [0.5, 0.6) is 0 Å². The minimum atomic E-state index is -0.465. The van der Waals surface area contributed by atoms with E-state index >= 15 is 0 Å². The number of anilines is 1. The highest BCUT2D eigenvalue weighted by Crippen LogP contribution is 2.21. The number of rotatable bonds is 5. The van der Waals surface area contributed by atoms with Gasteiger partial charge >= 0.3 is 0 Å². The third kappa shape index (κ3) is 5.34. The van der Waals surface area contributed by atoms with Gasteiger partial charge in [0.2, 0.25) is 11.8 Å². The summed E-state index contributed by atoms with van der Waals surface area (Å²) in [5.74, 6) is -0.690.